The van der Waals surface area contributed by atoms with Crippen molar-refractivity contribution in [2.24, 2.45) is 0 Å². The molecule has 0 fully saturated rings. The third kappa shape index (κ3) is 6.36. The van der Waals surface area contributed by atoms with Gasteiger partial charge in [0.15, 0.2) is 0 Å². The SMILES string of the molecule is B=CC1(CCCCCCCC)c2cc(Nc3ccc([N+](=O)[O-])cc3)ccc2-c2ccc(Nc3ccc([N+](=O)[O-])cc3)cc21. The van der Waals surface area contributed by atoms with Crippen molar-refractivity contribution in [3.63, 3.8) is 0 Å². The molecular formula is C34H35BN4O4. The molecule has 0 aliphatic heterocycles. The number of hydrogen-bond donors (Lipinski definition) is 2. The van der Waals surface area contributed by atoms with Gasteiger partial charge in [-0.05, 0) is 0 Å². The third-order valence-electron chi connectivity index (χ3n) is 8.30. The number of benzene rings is 4. The van der Waals surface area contributed by atoms with E-state index < -0.39 is 15.3 Å². The number of rotatable bonds is 14. The average molecular weight is 574 g/mol. The van der Waals surface area contributed by atoms with Gasteiger partial charge in [0.25, 0.3) is 0 Å². The first-order valence-corrected chi connectivity index (χ1v) is 14.8. The van der Waals surface area contributed by atoms with Crippen molar-refractivity contribution >= 4 is 47.6 Å². The first kappa shape index (κ1) is 29.7. The van der Waals surface area contributed by atoms with E-state index >= 15 is 0 Å². The third-order valence-corrected chi connectivity index (χ3v) is 8.30. The standard InChI is InChI=1S/C34H35BN4O4/c1-2-3-4-5-6-7-20-34(23-35)32-21-26(36-24-8-14-28(15-9-24)38(40)41)12-18-30(32)31-19-13-27(22-33(31)34)37-25-10-16-29(17-11-25)39(42)43/h8-19,21-23,35-37H,2-7,20H2,1H3. The maximum absolute atomic E-state index is 11.1. The zero-order valence-electron chi connectivity index (χ0n) is 24.3. The molecule has 4 aromatic rings. The summed E-state index contributed by atoms with van der Waals surface area (Å²) in [6, 6.07) is 25.6. The molecule has 0 saturated carbocycles. The number of unbranched alkanes of at least 4 members (excludes halogenated alkanes) is 5. The summed E-state index contributed by atoms with van der Waals surface area (Å²) in [6.45, 7) is 2.23. The summed E-state index contributed by atoms with van der Waals surface area (Å²) in [5.74, 6) is 2.08. The second-order valence-electron chi connectivity index (χ2n) is 11.1. The van der Waals surface area contributed by atoms with E-state index in [9.17, 15) is 20.2 Å². The van der Waals surface area contributed by atoms with Crippen molar-refractivity contribution in [1.82, 2.24) is 0 Å². The van der Waals surface area contributed by atoms with Gasteiger partial charge < -0.3 is 0 Å². The van der Waals surface area contributed by atoms with E-state index in [4.69, 9.17) is 0 Å². The minimum absolute atomic E-state index is 0.0534. The van der Waals surface area contributed by atoms with Crippen molar-refractivity contribution in [1.29, 1.82) is 0 Å². The van der Waals surface area contributed by atoms with E-state index in [-0.39, 0.29) is 11.4 Å². The summed E-state index contributed by atoms with van der Waals surface area (Å²) in [5, 5.41) is 29.0. The molecule has 0 radical (unpaired) electrons. The summed E-state index contributed by atoms with van der Waals surface area (Å²) in [7, 11) is 4.35. The van der Waals surface area contributed by atoms with Crippen LogP contribution < -0.4 is 10.6 Å². The number of fused-ring (bicyclic) bond motifs is 3. The van der Waals surface area contributed by atoms with Crippen LogP contribution in [0.4, 0.5) is 34.1 Å². The van der Waals surface area contributed by atoms with Crippen LogP contribution in [0.2, 0.25) is 0 Å². The summed E-state index contributed by atoms with van der Waals surface area (Å²) in [4.78, 5) is 21.4. The molecule has 0 aromatic heterocycles. The zero-order chi connectivity index (χ0) is 30.4. The Morgan fingerprint density at radius 3 is 1.49 bits per heavy atom. The summed E-state index contributed by atoms with van der Waals surface area (Å²) in [6.07, 6.45) is 8.07. The van der Waals surface area contributed by atoms with Gasteiger partial charge in [-0.25, -0.2) is 0 Å². The van der Waals surface area contributed by atoms with Gasteiger partial charge in [0.1, 0.15) is 0 Å². The summed E-state index contributed by atoms with van der Waals surface area (Å²) in [5.41, 5.74) is 7.76. The molecule has 0 heterocycles. The molecule has 1 aliphatic rings. The normalized spacial score (nSPS) is 12.7. The zero-order valence-corrected chi connectivity index (χ0v) is 24.3. The molecule has 0 amide bonds. The second-order valence-corrected chi connectivity index (χ2v) is 11.1. The molecule has 0 spiro atoms. The number of anilines is 4. The first-order valence-electron chi connectivity index (χ1n) is 14.8. The molecule has 218 valence electrons. The predicted octanol–water partition coefficient (Wildman–Crippen LogP) is 8.71. The molecule has 43 heavy (non-hydrogen) atoms. The van der Waals surface area contributed by atoms with Crippen LogP contribution >= 0.6 is 0 Å². The van der Waals surface area contributed by atoms with Gasteiger partial charge in [-0.15, -0.1) is 0 Å². The van der Waals surface area contributed by atoms with Crippen LogP contribution in [0.25, 0.3) is 11.1 Å². The quantitative estimate of drug-likeness (QED) is 0.0675. The fourth-order valence-electron chi connectivity index (χ4n) is 6.04. The van der Waals surface area contributed by atoms with E-state index in [1.54, 1.807) is 24.3 Å². The Labute approximate surface area is 252 Å². The van der Waals surface area contributed by atoms with Crippen molar-refractivity contribution in [2.45, 2.75) is 57.3 Å². The first-order chi connectivity index (χ1) is 20.8. The number of nitro benzene ring substituents is 2. The molecule has 0 saturated heterocycles. The van der Waals surface area contributed by atoms with E-state index in [0.29, 0.717) is 0 Å². The Hall–Kier alpha value is -4.79. The van der Waals surface area contributed by atoms with Crippen molar-refractivity contribution in [2.75, 3.05) is 10.6 Å². The van der Waals surface area contributed by atoms with Crippen molar-refractivity contribution in [3.05, 3.63) is 116 Å². The van der Waals surface area contributed by atoms with Crippen LogP contribution in [-0.2, 0) is 5.41 Å². The number of nitrogens with zero attached hydrogens (tertiary/aromatic N) is 2. The molecule has 1 aliphatic carbocycles. The van der Waals surface area contributed by atoms with Crippen molar-refractivity contribution in [3.8, 4) is 11.1 Å². The Morgan fingerprint density at radius 1 is 0.651 bits per heavy atom. The second kappa shape index (κ2) is 13.0. The minimum atomic E-state index is -0.401. The van der Waals surface area contributed by atoms with Gasteiger partial charge in [-0.2, -0.15) is 0 Å². The Kier molecular flexibility index (Phi) is 9.00. The van der Waals surface area contributed by atoms with Crippen LogP contribution in [0, 0.1) is 20.2 Å². The Morgan fingerprint density at radius 2 is 1.07 bits per heavy atom. The summed E-state index contributed by atoms with van der Waals surface area (Å²) < 4.78 is 0. The number of non-ortho nitro benzene ring substituents is 2. The fraction of sp³-hybridized carbons (Fsp3) is 0.265. The number of hydrogen-bond acceptors (Lipinski definition) is 6. The number of nitro groups is 2. The van der Waals surface area contributed by atoms with Gasteiger partial charge in [0, 0.05) is 0 Å². The molecule has 0 bridgehead atoms. The molecule has 2 N–H and O–H groups in total. The molecular weight excluding hydrogens is 539 g/mol. The molecule has 8 nitrogen and oxygen atoms in total. The Bertz CT molecular complexity index is 1530. The van der Waals surface area contributed by atoms with Gasteiger partial charge in [0.2, 0.25) is 0 Å². The molecule has 5 rings (SSSR count). The van der Waals surface area contributed by atoms with Crippen LogP contribution in [0.5, 0.6) is 0 Å². The van der Waals surface area contributed by atoms with Gasteiger partial charge >= 0.3 is 253 Å². The number of nitrogens with one attached hydrogen (secondary N) is 2. The van der Waals surface area contributed by atoms with Crippen LogP contribution in [0.15, 0.2) is 84.9 Å². The van der Waals surface area contributed by atoms with Gasteiger partial charge in [0.05, 0.1) is 0 Å². The van der Waals surface area contributed by atoms with E-state index in [1.807, 2.05) is 12.1 Å². The molecule has 0 unspecified atom stereocenters. The van der Waals surface area contributed by atoms with Gasteiger partial charge in [-0.3, -0.25) is 0 Å². The van der Waals surface area contributed by atoms with E-state index in [2.05, 4.69) is 55.3 Å². The van der Waals surface area contributed by atoms with Crippen molar-refractivity contribution < 1.29 is 9.85 Å². The Balaban J connectivity index is 1.47. The maximum atomic E-state index is 11.1. The van der Waals surface area contributed by atoms with Crippen LogP contribution in [0.3, 0.4) is 0 Å². The van der Waals surface area contributed by atoms with E-state index in [0.717, 1.165) is 53.1 Å². The molecule has 0 atom stereocenters. The molecule has 4 aromatic carbocycles. The van der Waals surface area contributed by atoms with Crippen LogP contribution in [0.1, 0.15) is 63.0 Å². The van der Waals surface area contributed by atoms with E-state index in [1.165, 1.54) is 61.1 Å². The van der Waals surface area contributed by atoms with Gasteiger partial charge in [-0.1, -0.05) is 0 Å². The molecule has 9 heteroatoms. The predicted molar refractivity (Wildman–Crippen MR) is 177 cm³/mol. The topological polar surface area (TPSA) is 110 Å². The van der Waals surface area contributed by atoms with Crippen LogP contribution in [-0.4, -0.2) is 23.3 Å². The fourth-order valence-corrected chi connectivity index (χ4v) is 6.04. The summed E-state index contributed by atoms with van der Waals surface area (Å²) >= 11 is 0. The monoisotopic (exact) mass is 574 g/mol. The average Bonchev–Trinajstić information content (AvgIpc) is 3.28.